The highest BCUT2D eigenvalue weighted by Gasteiger charge is 2.19. The monoisotopic (exact) mass is 333 g/mol. The fourth-order valence-corrected chi connectivity index (χ4v) is 1.38. The van der Waals surface area contributed by atoms with Crippen LogP contribution in [0.1, 0.15) is 0 Å². The fourth-order valence-electron chi connectivity index (χ4n) is 1.38. The number of nitrogens with one attached hydrogen (secondary N) is 1. The van der Waals surface area contributed by atoms with Crippen LogP contribution in [0.4, 0.5) is 9.59 Å². The van der Waals surface area contributed by atoms with E-state index in [-0.39, 0.29) is 46.4 Å². The summed E-state index contributed by atoms with van der Waals surface area (Å²) in [5.41, 5.74) is 0. The number of hydrogen-bond donors (Lipinski definition) is 1. The predicted molar refractivity (Wildman–Crippen MR) is 73.5 cm³/mol. The van der Waals surface area contributed by atoms with Gasteiger partial charge in [0.25, 0.3) is 0 Å². The van der Waals surface area contributed by atoms with E-state index in [4.69, 9.17) is 23.7 Å². The molecule has 1 heterocycles. The summed E-state index contributed by atoms with van der Waals surface area (Å²) < 4.78 is 28.8. The molecule has 1 N–H and O–H groups in total. The van der Waals surface area contributed by atoms with Crippen molar-refractivity contribution in [3.63, 3.8) is 0 Å². The molecule has 0 aromatic heterocycles. The van der Waals surface area contributed by atoms with Crippen molar-refractivity contribution in [1.82, 2.24) is 5.32 Å². The van der Waals surface area contributed by atoms with Gasteiger partial charge >= 0.3 is 18.2 Å². The van der Waals surface area contributed by atoms with Crippen LogP contribution < -0.4 is 5.32 Å². The molecule has 1 fully saturated rings. The maximum absolute atomic E-state index is 11.3. The molecule has 0 radical (unpaired) electrons. The second-order valence-corrected chi connectivity index (χ2v) is 4.13. The Bertz CT molecular complexity index is 406. The average molecular weight is 333 g/mol. The van der Waals surface area contributed by atoms with Crippen LogP contribution in [0.25, 0.3) is 0 Å². The minimum Gasteiger partial charge on any atom is -0.461 e. The number of alkyl carbamates (subject to hydrolysis) is 1. The minimum absolute atomic E-state index is 0.00565. The summed E-state index contributed by atoms with van der Waals surface area (Å²) in [6, 6.07) is 0. The maximum atomic E-state index is 11.3. The summed E-state index contributed by atoms with van der Waals surface area (Å²) in [7, 11) is 0. The van der Waals surface area contributed by atoms with Crippen molar-refractivity contribution in [2.45, 2.75) is 6.10 Å². The normalized spacial score (nSPS) is 14.4. The molecule has 10 heteroatoms. The molecule has 0 saturated carbocycles. The molecule has 1 aliphatic heterocycles. The maximum Gasteiger partial charge on any atom is 0.508 e. The van der Waals surface area contributed by atoms with Gasteiger partial charge in [-0.1, -0.05) is 6.58 Å². The third-order valence-electron chi connectivity index (χ3n) is 2.36. The van der Waals surface area contributed by atoms with Crippen LogP contribution in [-0.2, 0) is 33.2 Å². The van der Waals surface area contributed by atoms with Crippen molar-refractivity contribution in [3.8, 4) is 0 Å². The summed E-state index contributed by atoms with van der Waals surface area (Å²) in [6.07, 6.45) is -1.13. The predicted octanol–water partition coefficient (Wildman–Crippen LogP) is -0.0321. The molecule has 0 aromatic rings. The molecular weight excluding hydrogens is 314 g/mol. The van der Waals surface area contributed by atoms with Gasteiger partial charge in [0.1, 0.15) is 26.6 Å². The third-order valence-corrected chi connectivity index (χ3v) is 2.36. The lowest BCUT2D eigenvalue weighted by Gasteiger charge is -2.21. The zero-order chi connectivity index (χ0) is 16.9. The molecule has 1 rings (SSSR count). The van der Waals surface area contributed by atoms with Gasteiger partial charge in [-0.2, -0.15) is 0 Å². The first-order valence-electron chi connectivity index (χ1n) is 6.80. The van der Waals surface area contributed by atoms with Gasteiger partial charge in [-0.25, -0.2) is 14.4 Å². The van der Waals surface area contributed by atoms with Gasteiger partial charge in [0.15, 0.2) is 6.10 Å². The van der Waals surface area contributed by atoms with Crippen LogP contribution >= 0.6 is 0 Å². The van der Waals surface area contributed by atoms with Crippen LogP contribution in [0.5, 0.6) is 0 Å². The molecule has 1 amide bonds. The van der Waals surface area contributed by atoms with Crippen LogP contribution in [0.3, 0.4) is 0 Å². The first-order chi connectivity index (χ1) is 11.1. The second kappa shape index (κ2) is 11.3. The van der Waals surface area contributed by atoms with E-state index in [0.717, 1.165) is 6.08 Å². The summed E-state index contributed by atoms with van der Waals surface area (Å²) in [4.78, 5) is 33.2. The fraction of sp³-hybridized carbons (Fsp3) is 0.615. The van der Waals surface area contributed by atoms with Crippen molar-refractivity contribution in [2.75, 3.05) is 46.4 Å². The van der Waals surface area contributed by atoms with E-state index >= 15 is 0 Å². The Morgan fingerprint density at radius 1 is 1.09 bits per heavy atom. The highest BCUT2D eigenvalue weighted by Crippen LogP contribution is 2.03. The molecule has 23 heavy (non-hydrogen) atoms. The molecule has 0 unspecified atom stereocenters. The Morgan fingerprint density at radius 3 is 2.48 bits per heavy atom. The number of esters is 1. The molecular formula is C13H19NO9. The smallest absolute Gasteiger partial charge is 0.461 e. The Morgan fingerprint density at radius 2 is 1.78 bits per heavy atom. The molecule has 0 bridgehead atoms. The van der Waals surface area contributed by atoms with E-state index in [2.05, 4.69) is 16.6 Å². The lowest BCUT2D eigenvalue weighted by molar-refractivity contribution is -0.157. The summed E-state index contributed by atoms with van der Waals surface area (Å²) in [6.45, 7) is 3.65. The molecule has 10 nitrogen and oxygen atoms in total. The number of hydrogen-bond acceptors (Lipinski definition) is 9. The Hall–Kier alpha value is -2.33. The second-order valence-electron chi connectivity index (χ2n) is 4.13. The highest BCUT2D eigenvalue weighted by atomic mass is 16.8. The average Bonchev–Trinajstić information content (AvgIpc) is 2.56. The molecule has 130 valence electrons. The molecule has 1 saturated heterocycles. The topological polar surface area (TPSA) is 119 Å². The van der Waals surface area contributed by atoms with Crippen molar-refractivity contribution < 1.29 is 42.8 Å². The van der Waals surface area contributed by atoms with E-state index in [9.17, 15) is 14.4 Å². The Kier molecular flexibility index (Phi) is 9.17. The van der Waals surface area contributed by atoms with Gasteiger partial charge in [-0.3, -0.25) is 0 Å². The molecule has 0 aromatic carbocycles. The van der Waals surface area contributed by atoms with E-state index in [1.807, 2.05) is 0 Å². The zero-order valence-electron chi connectivity index (χ0n) is 12.5. The van der Waals surface area contributed by atoms with E-state index in [0.29, 0.717) is 0 Å². The Balaban J connectivity index is 1.96. The first-order valence-corrected chi connectivity index (χ1v) is 6.80. The number of amides is 1. The standard InChI is InChI=1S/C13H19NO9/c1-2-11(15)20-4-3-14-12(16)21-5-6-22-13(17)23-10-7-18-9-19-8-10/h2,10H,1,3-9H2,(H,14,16). The van der Waals surface area contributed by atoms with Gasteiger partial charge < -0.3 is 33.7 Å². The van der Waals surface area contributed by atoms with E-state index in [1.54, 1.807) is 0 Å². The summed E-state index contributed by atoms with van der Waals surface area (Å²) >= 11 is 0. The van der Waals surface area contributed by atoms with Gasteiger partial charge in [0.05, 0.1) is 19.8 Å². The highest BCUT2D eigenvalue weighted by molar-refractivity contribution is 5.81. The van der Waals surface area contributed by atoms with Gasteiger partial charge in [0.2, 0.25) is 0 Å². The number of ether oxygens (including phenoxy) is 6. The lowest BCUT2D eigenvalue weighted by atomic mass is 10.4. The van der Waals surface area contributed by atoms with Crippen molar-refractivity contribution in [2.24, 2.45) is 0 Å². The molecule has 0 aliphatic carbocycles. The lowest BCUT2D eigenvalue weighted by Crippen LogP contribution is -2.34. The Labute approximate surface area is 132 Å². The zero-order valence-corrected chi connectivity index (χ0v) is 12.5. The van der Waals surface area contributed by atoms with Crippen molar-refractivity contribution in [3.05, 3.63) is 12.7 Å². The molecule has 0 spiro atoms. The number of carbonyl (C=O) groups excluding carboxylic acids is 3. The van der Waals surface area contributed by atoms with E-state index in [1.165, 1.54) is 0 Å². The minimum atomic E-state index is -0.899. The van der Waals surface area contributed by atoms with Gasteiger partial charge in [-0.15, -0.1) is 0 Å². The quantitative estimate of drug-likeness (QED) is 0.282. The van der Waals surface area contributed by atoms with Gasteiger partial charge in [-0.05, 0) is 0 Å². The number of rotatable bonds is 8. The number of carbonyl (C=O) groups is 3. The van der Waals surface area contributed by atoms with Crippen molar-refractivity contribution >= 4 is 18.2 Å². The van der Waals surface area contributed by atoms with E-state index < -0.39 is 24.3 Å². The van der Waals surface area contributed by atoms with Crippen molar-refractivity contribution in [1.29, 1.82) is 0 Å². The molecule has 1 aliphatic rings. The first kappa shape index (κ1) is 18.7. The molecule has 0 atom stereocenters. The summed E-state index contributed by atoms with van der Waals surface area (Å²) in [5, 5.41) is 2.34. The van der Waals surface area contributed by atoms with Crippen LogP contribution in [0.15, 0.2) is 12.7 Å². The van der Waals surface area contributed by atoms with Crippen LogP contribution in [0, 0.1) is 0 Å². The van der Waals surface area contributed by atoms with Crippen LogP contribution in [0.2, 0.25) is 0 Å². The SMILES string of the molecule is C=CC(=O)OCCNC(=O)OCCOC(=O)OC1COCOC1. The van der Waals surface area contributed by atoms with Crippen LogP contribution in [-0.4, -0.2) is 70.7 Å². The largest absolute Gasteiger partial charge is 0.508 e. The van der Waals surface area contributed by atoms with Gasteiger partial charge in [0, 0.05) is 6.08 Å². The third kappa shape index (κ3) is 9.32. The summed E-state index contributed by atoms with van der Waals surface area (Å²) in [5.74, 6) is -0.583.